The lowest BCUT2D eigenvalue weighted by Crippen LogP contribution is -2.35. The van der Waals surface area contributed by atoms with Crippen LogP contribution in [0.15, 0.2) is 180 Å². The molecule has 0 unspecified atom stereocenters. The van der Waals surface area contributed by atoms with Crippen molar-refractivity contribution in [1.82, 2.24) is 0 Å². The number of ketones is 1. The maximum atomic E-state index is 14.2. The number of carbonyl (C=O) groups excluding carboxylic acids is 1. The minimum atomic E-state index is -0.440. The monoisotopic (exact) mass is 904 g/mol. The van der Waals surface area contributed by atoms with Crippen molar-refractivity contribution in [1.29, 1.82) is 0 Å². The molecule has 0 fully saturated rings. The van der Waals surface area contributed by atoms with E-state index < -0.39 is 10.8 Å². The number of nitrogens with zero attached hydrogens (tertiary/aromatic N) is 2. The van der Waals surface area contributed by atoms with E-state index in [1.165, 1.54) is 86.9 Å². The average Bonchev–Trinajstić information content (AvgIpc) is 3.73. The van der Waals surface area contributed by atoms with Crippen molar-refractivity contribution >= 4 is 112 Å². The summed E-state index contributed by atoms with van der Waals surface area (Å²) in [6.07, 6.45) is 12.6. The van der Waals surface area contributed by atoms with Gasteiger partial charge in [0.1, 0.15) is 6.54 Å². The van der Waals surface area contributed by atoms with Gasteiger partial charge in [-0.3, -0.25) is 4.79 Å². The van der Waals surface area contributed by atoms with E-state index in [-0.39, 0.29) is 22.7 Å². The fraction of sp³-hybridized carbons (Fsp3) is 0.152. The van der Waals surface area contributed by atoms with Crippen LogP contribution in [0.2, 0.25) is 0 Å². The number of carbonyl (C=O) groups is 1. The highest BCUT2D eigenvalue weighted by Crippen LogP contribution is 2.50. The topological polar surface area (TPSA) is 46.4 Å². The molecule has 10 aromatic carbocycles. The maximum absolute atomic E-state index is 14.2. The first-order valence-corrected chi connectivity index (χ1v) is 24.8. The van der Waals surface area contributed by atoms with Crippen LogP contribution >= 0.6 is 0 Å². The molecule has 0 spiro atoms. The molecule has 0 bridgehead atoms. The largest absolute Gasteiger partial charge is 0.871 e. The molecule has 0 N–H and O–H groups in total. The molecule has 10 aromatic rings. The molecule has 0 aromatic heterocycles. The highest BCUT2D eigenvalue weighted by Gasteiger charge is 2.46. The number of hydrogen-bond acceptors (Lipinski definition) is 3. The molecule has 2 aliphatic heterocycles. The number of likely N-dealkylation sites (N-methyl/N-ethyl adjacent to an activating group) is 1. The zero-order valence-corrected chi connectivity index (χ0v) is 40.4. The third-order valence-electron chi connectivity index (χ3n) is 16.0. The van der Waals surface area contributed by atoms with Crippen molar-refractivity contribution in [3.63, 3.8) is 0 Å². The summed E-state index contributed by atoms with van der Waals surface area (Å²) < 4.78 is 2.26. The summed E-state index contributed by atoms with van der Waals surface area (Å²) in [4.78, 5) is 16.5. The number of allylic oxidation sites excluding steroid dienone is 5. The predicted octanol–water partition coefficient (Wildman–Crippen LogP) is 15.0. The molecule has 0 saturated heterocycles. The minimum Gasteiger partial charge on any atom is -0.871 e. The van der Waals surface area contributed by atoms with Crippen LogP contribution in [0.5, 0.6) is 0 Å². The number of anilines is 1. The molecule has 4 nitrogen and oxygen atoms in total. The fourth-order valence-electron chi connectivity index (χ4n) is 12.3. The summed E-state index contributed by atoms with van der Waals surface area (Å²) in [6, 6.07) is 53.1. The maximum Gasteiger partial charge on any atom is 0.209 e. The highest BCUT2D eigenvalue weighted by molar-refractivity contribution is 6.26. The zero-order valence-electron chi connectivity index (χ0n) is 40.4. The Morgan fingerprint density at radius 1 is 0.543 bits per heavy atom. The molecule has 0 atom stereocenters. The number of fused-ring (bicyclic) bond motifs is 2. The van der Waals surface area contributed by atoms with Crippen LogP contribution in [0.25, 0.3) is 88.9 Å². The van der Waals surface area contributed by atoms with Gasteiger partial charge in [0.05, 0.1) is 5.41 Å². The van der Waals surface area contributed by atoms with Gasteiger partial charge in [0.15, 0.2) is 11.5 Å². The van der Waals surface area contributed by atoms with Gasteiger partial charge in [0, 0.05) is 52.2 Å². The summed E-state index contributed by atoms with van der Waals surface area (Å²) in [5, 5.41) is 29.5. The lowest BCUT2D eigenvalue weighted by atomic mass is 9.77. The fourth-order valence-corrected chi connectivity index (χ4v) is 12.3. The summed E-state index contributed by atoms with van der Waals surface area (Å²) in [5.41, 5.74) is 10.7. The molecular formula is C66H52N2O2. The van der Waals surface area contributed by atoms with E-state index >= 15 is 0 Å². The van der Waals surface area contributed by atoms with Crippen LogP contribution in [-0.4, -0.2) is 29.2 Å². The first-order chi connectivity index (χ1) is 33.9. The molecule has 70 heavy (non-hydrogen) atoms. The van der Waals surface area contributed by atoms with E-state index in [2.05, 4.69) is 221 Å². The third-order valence-corrected chi connectivity index (χ3v) is 16.0. The van der Waals surface area contributed by atoms with Crippen LogP contribution in [0.1, 0.15) is 74.9 Å². The second-order valence-corrected chi connectivity index (χ2v) is 20.5. The molecule has 338 valence electrons. The summed E-state index contributed by atoms with van der Waals surface area (Å²) in [6.45, 7) is 14.5. The van der Waals surface area contributed by atoms with Crippen LogP contribution in [0, 0.1) is 0 Å². The smallest absolute Gasteiger partial charge is 0.209 e. The van der Waals surface area contributed by atoms with Crippen LogP contribution in [0.3, 0.4) is 0 Å². The van der Waals surface area contributed by atoms with Crippen molar-refractivity contribution in [2.45, 2.75) is 52.4 Å². The Labute approximate surface area is 408 Å². The van der Waals surface area contributed by atoms with E-state index in [4.69, 9.17) is 0 Å². The zero-order chi connectivity index (χ0) is 47.8. The van der Waals surface area contributed by atoms with E-state index in [9.17, 15) is 9.90 Å². The van der Waals surface area contributed by atoms with E-state index in [1.54, 1.807) is 0 Å². The first kappa shape index (κ1) is 42.1. The van der Waals surface area contributed by atoms with Crippen LogP contribution < -0.4 is 10.0 Å². The summed E-state index contributed by atoms with van der Waals surface area (Å²) in [7, 11) is 0. The third kappa shape index (κ3) is 6.02. The second-order valence-electron chi connectivity index (χ2n) is 20.5. The Morgan fingerprint density at radius 2 is 1.04 bits per heavy atom. The van der Waals surface area contributed by atoms with Crippen molar-refractivity contribution in [2.24, 2.45) is 0 Å². The molecule has 4 heteroatoms. The summed E-state index contributed by atoms with van der Waals surface area (Å²) in [5.74, 6) is -0.381. The second kappa shape index (κ2) is 15.2. The van der Waals surface area contributed by atoms with Crippen molar-refractivity contribution in [3.05, 3.63) is 214 Å². The Hall–Kier alpha value is -8.08. The van der Waals surface area contributed by atoms with Gasteiger partial charge in [-0.15, -0.1) is 0 Å². The molecule has 0 radical (unpaired) electrons. The molecule has 13 rings (SSSR count). The lowest BCUT2D eigenvalue weighted by molar-refractivity contribution is -0.433. The number of Topliss-reactive ketones (excluding diaryl/α,β-unsaturated/α-hetero) is 1. The number of hydrogen-bond donors (Lipinski definition) is 0. The van der Waals surface area contributed by atoms with Gasteiger partial charge in [-0.1, -0.05) is 159 Å². The van der Waals surface area contributed by atoms with Gasteiger partial charge in [-0.05, 0) is 150 Å². The standard InChI is InChI=1S/C66H52N2O2/c1-7-67-55-33-17-39(15-19-41-21-23-47-27-25-43-11-9-13-45-29-31-49(41)61(47)59(43)45)35-53(55)65(3,4)57(67)37-51-63(69)52(64(51)70)38-58-66(5,6)54-36-40(18-34-56(54)68(58)8-2)16-20-42-22-24-48-28-26-44-12-10-14-46-30-32-50(42)62(48)60(44)46/h9-38H,7-8H2,1-6H3/b19-15+,20-16+. The van der Waals surface area contributed by atoms with E-state index in [0.717, 1.165) is 33.9 Å². The molecular weight excluding hydrogens is 853 g/mol. The lowest BCUT2D eigenvalue weighted by Gasteiger charge is -2.32. The number of benzene rings is 10. The van der Waals surface area contributed by atoms with Gasteiger partial charge in [0.2, 0.25) is 5.69 Å². The van der Waals surface area contributed by atoms with Gasteiger partial charge in [0.25, 0.3) is 0 Å². The van der Waals surface area contributed by atoms with Gasteiger partial charge >= 0.3 is 0 Å². The Bertz CT molecular complexity index is 4080. The van der Waals surface area contributed by atoms with E-state index in [1.807, 2.05) is 12.2 Å². The van der Waals surface area contributed by atoms with Crippen LogP contribution in [-0.2, 0) is 15.6 Å². The number of rotatable bonds is 8. The van der Waals surface area contributed by atoms with Crippen molar-refractivity contribution < 1.29 is 14.5 Å². The Morgan fingerprint density at radius 3 is 1.57 bits per heavy atom. The van der Waals surface area contributed by atoms with Gasteiger partial charge in [-0.2, -0.15) is 4.58 Å². The normalized spacial score (nSPS) is 17.8. The van der Waals surface area contributed by atoms with Crippen molar-refractivity contribution in [2.75, 3.05) is 18.0 Å². The SMILES string of the molecule is CCN1/C(=C/C2=C([O-])C(=C/C3=[N+](CC)c4ccc(/C=C/c5ccc6ccc7cccc8ccc5c6c78)cc4C3(C)C)/C2=O)C(C)(C)c2cc(/C=C/c3ccc4ccc5cccc6ccc3c4c56)ccc21. The molecule has 3 aliphatic rings. The van der Waals surface area contributed by atoms with E-state index in [0.29, 0.717) is 13.1 Å². The Balaban J connectivity index is 0.786. The van der Waals surface area contributed by atoms with Crippen molar-refractivity contribution in [3.8, 4) is 0 Å². The highest BCUT2D eigenvalue weighted by atomic mass is 16.3. The van der Waals surface area contributed by atoms with Gasteiger partial charge in [-0.25, -0.2) is 0 Å². The predicted molar refractivity (Wildman–Crippen MR) is 294 cm³/mol. The molecule has 0 saturated carbocycles. The average molecular weight is 905 g/mol. The quantitative estimate of drug-likeness (QED) is 0.0660. The molecule has 0 amide bonds. The molecule has 2 heterocycles. The van der Waals surface area contributed by atoms with Crippen LogP contribution in [0.4, 0.5) is 11.4 Å². The molecule has 1 aliphatic carbocycles. The Kier molecular flexibility index (Phi) is 9.14. The van der Waals surface area contributed by atoms with Gasteiger partial charge < -0.3 is 10.0 Å². The summed E-state index contributed by atoms with van der Waals surface area (Å²) >= 11 is 0. The first-order valence-electron chi connectivity index (χ1n) is 24.8. The minimum absolute atomic E-state index is 0.190.